The number of rotatable bonds is 19. The largest absolute Gasteiger partial charge is 0.497 e. The minimum Gasteiger partial charge on any atom is -0.497 e. The van der Waals surface area contributed by atoms with E-state index < -0.39 is 17.2 Å². The molecule has 4 heterocycles. The van der Waals surface area contributed by atoms with E-state index in [-0.39, 0.29) is 104 Å². The van der Waals surface area contributed by atoms with E-state index in [1.165, 1.54) is 120 Å². The molecule has 0 saturated heterocycles. The second-order valence-corrected chi connectivity index (χ2v) is 22.4. The van der Waals surface area contributed by atoms with Gasteiger partial charge in [0.1, 0.15) is 74.5 Å². The first-order valence-corrected chi connectivity index (χ1v) is 34.8. The summed E-state index contributed by atoms with van der Waals surface area (Å²) in [5, 5.41) is 0.467. The predicted molar refractivity (Wildman–Crippen MR) is 408 cm³/mol. The van der Waals surface area contributed by atoms with Crippen molar-refractivity contribution in [1.29, 1.82) is 0 Å². The average molecular weight is 1470 g/mol. The lowest BCUT2D eigenvalue weighted by Crippen LogP contribution is -2.45. The van der Waals surface area contributed by atoms with Gasteiger partial charge in [-0.3, -0.25) is 33.6 Å². The molecule has 0 saturated carbocycles. The summed E-state index contributed by atoms with van der Waals surface area (Å²) in [5.41, 5.74) is 3.80. The highest BCUT2D eigenvalue weighted by Gasteiger charge is 2.46. The fraction of sp³-hybridized carbons (Fsp3) is 0.386. The number of benzene rings is 5. The van der Waals surface area contributed by atoms with Gasteiger partial charge in [-0.1, -0.05) is 75.3 Å². The number of hydrogen-bond donors (Lipinski definition) is 0. The van der Waals surface area contributed by atoms with E-state index in [9.17, 15) is 33.6 Å². The standard InChI is InChI=1S/C25H26O7.C24H26O8.C24H20O8.5C2H6/c1-14-7-15(2)23(20(8-14)29-4)25(27)24-16(9-18(28-3)13-21(24)30-5)10-19-11-17(26)12-22(31-6)32-19;1-13-6-15(27-2)9-18-21(13)23(26)22-19(32-18)10-16(28-3)11-24(22,30-5)12-17-7-14(25)8-20(29-4)31-17;1-11-6-15(29-3)21-22(19(11)17-7-12(25)8-18(31-5)32-17)23(26)14-9-13(28-2)10-16(30-4)20(14)24(21)27;5*1-2/h7-9,11-13H,10H2,1-6H3;6-9,16H,10-12H2,1-5H3;6-10H,1-5H3;5*1-2H3. The first-order chi connectivity index (χ1) is 51.0. The Morgan fingerprint density at radius 3 is 1.47 bits per heavy atom. The molecule has 0 amide bonds. The molecular weight excluding hydrogens is 1360 g/mol. The van der Waals surface area contributed by atoms with Gasteiger partial charge < -0.3 is 74.5 Å². The topological polar surface area (TPSA) is 283 Å². The fourth-order valence-electron chi connectivity index (χ4n) is 12.2. The zero-order chi connectivity index (χ0) is 79.6. The Bertz CT molecular complexity index is 4760. The molecule has 0 aliphatic heterocycles. The van der Waals surface area contributed by atoms with Crippen LogP contribution in [0.2, 0.25) is 0 Å². The van der Waals surface area contributed by atoms with Crippen molar-refractivity contribution in [2.75, 3.05) is 85.3 Å². The molecule has 2 aliphatic carbocycles. The van der Waals surface area contributed by atoms with Crippen LogP contribution in [0.25, 0.3) is 22.3 Å². The van der Waals surface area contributed by atoms with E-state index >= 15 is 0 Å². The second-order valence-electron chi connectivity index (χ2n) is 22.4. The number of carbonyl (C=O) groups is 3. The Morgan fingerprint density at radius 1 is 0.434 bits per heavy atom. The second kappa shape index (κ2) is 41.0. The first kappa shape index (κ1) is 87.5. The SMILES string of the molecule is CC.CC.CC.CC.CC.COc1cc(C)c2c(=O)c3c(oc2c1)CC(OC)CC3(Cc1cc(=O)cc(OC)o1)OC.COc1cc(Cc2cc(=O)cc(OC)o2)c(C(=O)c2c(C)cc(C)cc2OC)c(OC)c1.COc1cc(OC)c2c(c1)C(=O)c1c(c(OC)cc(C)c1-c1cc(=O)cc(OC)o1)C2=O. The summed E-state index contributed by atoms with van der Waals surface area (Å²) >= 11 is 0. The van der Waals surface area contributed by atoms with Gasteiger partial charge in [-0.2, -0.15) is 0 Å². The highest BCUT2D eigenvalue weighted by atomic mass is 16.6. The van der Waals surface area contributed by atoms with Crippen LogP contribution in [0.4, 0.5) is 0 Å². The average Bonchev–Trinajstić information content (AvgIpc) is 0.731. The number of aryl methyl sites for hydroxylation is 4. The maximum absolute atomic E-state index is 13.8. The van der Waals surface area contributed by atoms with Crippen LogP contribution in [0.5, 0.6) is 58.1 Å². The van der Waals surface area contributed by atoms with Crippen molar-refractivity contribution in [2.24, 2.45) is 0 Å². The monoisotopic (exact) mass is 1470 g/mol. The van der Waals surface area contributed by atoms with Crippen molar-refractivity contribution in [1.82, 2.24) is 0 Å². The molecule has 0 bridgehead atoms. The Morgan fingerprint density at radius 2 is 0.934 bits per heavy atom. The van der Waals surface area contributed by atoms with Gasteiger partial charge >= 0.3 is 0 Å². The van der Waals surface area contributed by atoms with Crippen LogP contribution < -0.4 is 69.1 Å². The Balaban J connectivity index is 0.000000317. The molecule has 2 unspecified atom stereocenters. The van der Waals surface area contributed by atoms with Gasteiger partial charge in [0.15, 0.2) is 27.5 Å². The van der Waals surface area contributed by atoms with Crippen LogP contribution in [-0.2, 0) is 34.3 Å². The smallest absolute Gasteiger partial charge is 0.288 e. The molecule has 0 spiro atoms. The molecular formula is C83H102O23. The molecule has 2 atom stereocenters. The van der Waals surface area contributed by atoms with E-state index in [4.69, 9.17) is 74.5 Å². The van der Waals surface area contributed by atoms with E-state index in [0.717, 1.165) is 16.7 Å². The summed E-state index contributed by atoms with van der Waals surface area (Å²) in [4.78, 5) is 91.4. The molecule has 0 fully saturated rings. The van der Waals surface area contributed by atoms with Gasteiger partial charge in [0.25, 0.3) is 17.8 Å². The van der Waals surface area contributed by atoms with Crippen LogP contribution in [-0.4, -0.2) is 109 Å². The Kier molecular flexibility index (Phi) is 33.8. The molecule has 0 radical (unpaired) electrons. The van der Waals surface area contributed by atoms with Crippen LogP contribution in [0, 0.1) is 27.7 Å². The van der Waals surface area contributed by atoms with E-state index in [0.29, 0.717) is 103 Å². The molecule has 23 nitrogen and oxygen atoms in total. The third-order valence-corrected chi connectivity index (χ3v) is 16.5. The molecule has 0 N–H and O–H groups in total. The minimum absolute atomic E-state index is 0.0187. The van der Waals surface area contributed by atoms with Crippen LogP contribution in [0.15, 0.2) is 128 Å². The lowest BCUT2D eigenvalue weighted by molar-refractivity contribution is -0.0768. The number of ketones is 3. The van der Waals surface area contributed by atoms with Crippen LogP contribution >= 0.6 is 0 Å². The summed E-state index contributed by atoms with van der Waals surface area (Å²) in [5.74, 6) is 2.99. The number of hydrogen-bond acceptors (Lipinski definition) is 23. The predicted octanol–water partition coefficient (Wildman–Crippen LogP) is 15.8. The maximum Gasteiger partial charge on any atom is 0.288 e. The molecule has 2 aliphatic rings. The summed E-state index contributed by atoms with van der Waals surface area (Å²) in [6.45, 7) is 27.4. The molecule has 106 heavy (non-hydrogen) atoms. The van der Waals surface area contributed by atoms with E-state index in [1.54, 1.807) is 51.5 Å². The molecule has 9 aromatic rings. The highest BCUT2D eigenvalue weighted by Crippen LogP contribution is 2.46. The van der Waals surface area contributed by atoms with Crippen molar-refractivity contribution in [3.63, 3.8) is 0 Å². The quantitative estimate of drug-likeness (QED) is 0.0680. The van der Waals surface area contributed by atoms with Gasteiger partial charge in [-0.15, -0.1) is 0 Å². The van der Waals surface area contributed by atoms with Gasteiger partial charge in [0.05, 0.1) is 129 Å². The van der Waals surface area contributed by atoms with Gasteiger partial charge in [0.2, 0.25) is 11.6 Å². The maximum atomic E-state index is 13.8. The molecule has 572 valence electrons. The molecule has 4 aromatic heterocycles. The van der Waals surface area contributed by atoms with Crippen molar-refractivity contribution in [3.8, 4) is 69.4 Å². The Labute approximate surface area is 619 Å². The molecule has 5 aromatic carbocycles. The number of ether oxygens (including phenoxy) is 12. The first-order valence-electron chi connectivity index (χ1n) is 34.8. The summed E-state index contributed by atoms with van der Waals surface area (Å²) in [6.07, 6.45) is 0.828. The third-order valence-electron chi connectivity index (χ3n) is 16.5. The van der Waals surface area contributed by atoms with Crippen molar-refractivity contribution < 1.29 is 88.9 Å². The summed E-state index contributed by atoms with van der Waals surface area (Å²) < 4.78 is 88.1. The van der Waals surface area contributed by atoms with Crippen molar-refractivity contribution in [2.45, 2.75) is 134 Å². The normalized spacial score (nSPS) is 13.2. The number of methoxy groups -OCH3 is 12. The van der Waals surface area contributed by atoms with Crippen LogP contribution in [0.3, 0.4) is 0 Å². The zero-order valence-electron chi connectivity index (χ0n) is 66.0. The van der Waals surface area contributed by atoms with Gasteiger partial charge in [-0.05, 0) is 85.8 Å². The van der Waals surface area contributed by atoms with Crippen LogP contribution in [0.1, 0.15) is 174 Å². The van der Waals surface area contributed by atoms with Gasteiger partial charge in [0, 0.05) is 93.0 Å². The van der Waals surface area contributed by atoms with Crippen molar-refractivity contribution in [3.05, 3.63) is 216 Å². The van der Waals surface area contributed by atoms with E-state index in [2.05, 4.69) is 0 Å². The Hall–Kier alpha value is -10.9. The fourth-order valence-corrected chi connectivity index (χ4v) is 12.2. The lowest BCUT2D eigenvalue weighted by atomic mass is 9.76. The zero-order valence-corrected chi connectivity index (χ0v) is 66.0. The molecule has 23 heteroatoms. The third kappa shape index (κ3) is 19.3. The lowest BCUT2D eigenvalue weighted by Gasteiger charge is -2.39. The number of fused-ring (bicyclic) bond motifs is 4. The van der Waals surface area contributed by atoms with E-state index in [1.807, 2.05) is 102 Å². The number of carbonyl (C=O) groups excluding carboxylic acids is 3. The van der Waals surface area contributed by atoms with Crippen molar-refractivity contribution >= 4 is 28.3 Å². The molecule has 11 rings (SSSR count). The highest BCUT2D eigenvalue weighted by molar-refractivity contribution is 6.32. The van der Waals surface area contributed by atoms with Gasteiger partial charge in [-0.25, -0.2) is 0 Å². The summed E-state index contributed by atoms with van der Waals surface area (Å²) in [7, 11) is 17.7. The summed E-state index contributed by atoms with van der Waals surface area (Å²) in [6, 6.07) is 22.9. The minimum atomic E-state index is -1.11.